The number of benzene rings is 1. The average molecular weight is 279 g/mol. The van der Waals surface area contributed by atoms with E-state index in [0.29, 0.717) is 13.2 Å². The van der Waals surface area contributed by atoms with Crippen molar-refractivity contribution in [2.75, 3.05) is 19.7 Å². The van der Waals surface area contributed by atoms with Crippen molar-refractivity contribution >= 4 is 5.97 Å². The third-order valence-electron chi connectivity index (χ3n) is 3.75. The molecule has 20 heavy (non-hydrogen) atoms. The minimum atomic E-state index is -0.845. The number of carboxylic acid groups (broad SMARTS) is 1. The Bertz CT molecular complexity index is 489. The van der Waals surface area contributed by atoms with Crippen LogP contribution in [0.3, 0.4) is 0 Å². The van der Waals surface area contributed by atoms with E-state index >= 15 is 0 Å². The van der Waals surface area contributed by atoms with Gasteiger partial charge in [0.25, 0.3) is 0 Å². The molecule has 2 atom stereocenters. The van der Waals surface area contributed by atoms with Crippen LogP contribution in [-0.2, 0) is 9.53 Å². The number of phenolic OH excluding ortho intramolecular Hbond substituents is 1. The number of morpholine rings is 1. The maximum absolute atomic E-state index is 10.8. The molecule has 0 saturated carbocycles. The van der Waals surface area contributed by atoms with E-state index in [0.717, 1.165) is 17.7 Å². The number of carboxylic acids is 1. The first kappa shape index (κ1) is 14.8. The third kappa shape index (κ3) is 3.49. The van der Waals surface area contributed by atoms with Crippen LogP contribution in [0.1, 0.15) is 30.5 Å². The molecule has 1 aromatic rings. The lowest BCUT2D eigenvalue weighted by atomic mass is 10.0. The molecule has 1 heterocycles. The lowest BCUT2D eigenvalue weighted by Gasteiger charge is -2.36. The highest BCUT2D eigenvalue weighted by Gasteiger charge is 2.27. The minimum Gasteiger partial charge on any atom is -0.508 e. The van der Waals surface area contributed by atoms with Crippen LogP contribution in [-0.4, -0.2) is 46.9 Å². The first-order valence-corrected chi connectivity index (χ1v) is 6.84. The van der Waals surface area contributed by atoms with Crippen LogP contribution in [0.5, 0.6) is 5.75 Å². The van der Waals surface area contributed by atoms with Crippen molar-refractivity contribution in [3.8, 4) is 5.75 Å². The summed E-state index contributed by atoms with van der Waals surface area (Å²) in [5, 5.41) is 18.8. The van der Waals surface area contributed by atoms with Crippen molar-refractivity contribution in [2.24, 2.45) is 0 Å². The fourth-order valence-corrected chi connectivity index (χ4v) is 2.62. The third-order valence-corrected chi connectivity index (χ3v) is 3.75. The molecule has 1 fully saturated rings. The highest BCUT2D eigenvalue weighted by Crippen LogP contribution is 2.30. The summed E-state index contributed by atoms with van der Waals surface area (Å²) >= 11 is 0. The predicted octanol–water partition coefficient (Wildman–Crippen LogP) is 1.94. The van der Waals surface area contributed by atoms with E-state index in [2.05, 4.69) is 4.90 Å². The number of aryl methyl sites for hydroxylation is 1. The zero-order valence-corrected chi connectivity index (χ0v) is 11.9. The van der Waals surface area contributed by atoms with E-state index in [1.165, 1.54) is 0 Å². The number of aliphatic carboxylic acids is 1. The molecule has 0 radical (unpaired) electrons. The van der Waals surface area contributed by atoms with Gasteiger partial charge in [-0.3, -0.25) is 9.69 Å². The van der Waals surface area contributed by atoms with E-state index < -0.39 is 5.97 Å². The minimum absolute atomic E-state index is 0.0169. The summed E-state index contributed by atoms with van der Waals surface area (Å²) in [7, 11) is 0. The lowest BCUT2D eigenvalue weighted by Crippen LogP contribution is -2.44. The van der Waals surface area contributed by atoms with Gasteiger partial charge >= 0.3 is 5.97 Å². The van der Waals surface area contributed by atoms with E-state index in [-0.39, 0.29) is 24.3 Å². The molecule has 2 rings (SSSR count). The molecule has 5 nitrogen and oxygen atoms in total. The van der Waals surface area contributed by atoms with E-state index in [1.54, 1.807) is 6.07 Å². The van der Waals surface area contributed by atoms with Crippen LogP contribution in [0.15, 0.2) is 18.2 Å². The van der Waals surface area contributed by atoms with Crippen LogP contribution in [0, 0.1) is 6.92 Å². The molecular weight excluding hydrogens is 258 g/mol. The number of rotatable bonds is 4. The summed E-state index contributed by atoms with van der Waals surface area (Å²) in [4.78, 5) is 12.9. The van der Waals surface area contributed by atoms with Crippen LogP contribution >= 0.6 is 0 Å². The van der Waals surface area contributed by atoms with Crippen molar-refractivity contribution < 1.29 is 19.7 Å². The van der Waals surface area contributed by atoms with Crippen LogP contribution in [0.25, 0.3) is 0 Å². The number of phenols is 1. The van der Waals surface area contributed by atoms with Gasteiger partial charge in [-0.25, -0.2) is 0 Å². The second-order valence-electron chi connectivity index (χ2n) is 5.32. The molecule has 0 bridgehead atoms. The summed E-state index contributed by atoms with van der Waals surface area (Å²) in [6.07, 6.45) is -0.265. The monoisotopic (exact) mass is 279 g/mol. The summed E-state index contributed by atoms with van der Waals surface area (Å²) < 4.78 is 5.47. The second-order valence-corrected chi connectivity index (χ2v) is 5.32. The summed E-state index contributed by atoms with van der Waals surface area (Å²) in [6, 6.07) is 5.59. The predicted molar refractivity (Wildman–Crippen MR) is 74.8 cm³/mol. The number of hydrogen-bond donors (Lipinski definition) is 2. The maximum atomic E-state index is 10.8. The van der Waals surface area contributed by atoms with Gasteiger partial charge in [-0.05, 0) is 19.9 Å². The van der Waals surface area contributed by atoms with Crippen molar-refractivity contribution in [1.82, 2.24) is 4.90 Å². The molecule has 0 aliphatic carbocycles. The van der Waals surface area contributed by atoms with Crippen molar-refractivity contribution in [3.05, 3.63) is 29.3 Å². The molecule has 0 spiro atoms. The Kier molecular flexibility index (Phi) is 4.62. The van der Waals surface area contributed by atoms with E-state index in [4.69, 9.17) is 9.84 Å². The number of hydrogen-bond acceptors (Lipinski definition) is 4. The van der Waals surface area contributed by atoms with Crippen molar-refractivity contribution in [3.63, 3.8) is 0 Å². The second kappa shape index (κ2) is 6.24. The Balaban J connectivity index is 2.09. The van der Waals surface area contributed by atoms with E-state index in [1.807, 2.05) is 26.0 Å². The van der Waals surface area contributed by atoms with Crippen molar-refractivity contribution in [1.29, 1.82) is 0 Å². The zero-order valence-electron chi connectivity index (χ0n) is 11.9. The van der Waals surface area contributed by atoms with Gasteiger partial charge in [0.2, 0.25) is 0 Å². The topological polar surface area (TPSA) is 70.0 Å². The van der Waals surface area contributed by atoms with Gasteiger partial charge in [-0.15, -0.1) is 0 Å². The number of nitrogens with zero attached hydrogens (tertiary/aromatic N) is 1. The molecule has 1 aromatic carbocycles. The molecule has 1 saturated heterocycles. The molecule has 0 amide bonds. The Morgan fingerprint density at radius 1 is 1.55 bits per heavy atom. The summed E-state index contributed by atoms with van der Waals surface area (Å²) in [6.45, 7) is 5.85. The molecule has 1 aliphatic rings. The molecule has 5 heteroatoms. The quantitative estimate of drug-likeness (QED) is 0.881. The van der Waals surface area contributed by atoms with Gasteiger partial charge in [-0.2, -0.15) is 0 Å². The summed E-state index contributed by atoms with van der Waals surface area (Å²) in [5.74, 6) is -0.563. The molecule has 110 valence electrons. The highest BCUT2D eigenvalue weighted by atomic mass is 16.5. The number of carbonyl (C=O) groups is 1. The fraction of sp³-hybridized carbons (Fsp3) is 0.533. The van der Waals surface area contributed by atoms with E-state index in [9.17, 15) is 9.90 Å². The normalized spacial score (nSPS) is 21.6. The molecule has 2 unspecified atom stereocenters. The van der Waals surface area contributed by atoms with Gasteiger partial charge in [-0.1, -0.05) is 17.7 Å². The lowest BCUT2D eigenvalue weighted by molar-refractivity contribution is -0.142. The van der Waals surface area contributed by atoms with Crippen molar-refractivity contribution in [2.45, 2.75) is 32.4 Å². The first-order chi connectivity index (χ1) is 9.47. The Labute approximate surface area is 118 Å². The van der Waals surface area contributed by atoms with Gasteiger partial charge in [0.1, 0.15) is 5.75 Å². The maximum Gasteiger partial charge on any atom is 0.306 e. The highest BCUT2D eigenvalue weighted by molar-refractivity contribution is 5.67. The van der Waals surface area contributed by atoms with Gasteiger partial charge in [0, 0.05) is 24.7 Å². The standard InChI is InChI=1S/C15H21NO4/c1-10-3-4-14(17)13(7-10)11(2)16-5-6-20-12(9-16)8-15(18)19/h3-4,7,11-12,17H,5-6,8-9H2,1-2H3,(H,18,19). The van der Waals surface area contributed by atoms with Gasteiger partial charge in [0.15, 0.2) is 0 Å². The van der Waals surface area contributed by atoms with Crippen LogP contribution < -0.4 is 0 Å². The Hall–Kier alpha value is -1.59. The molecule has 2 N–H and O–H groups in total. The van der Waals surface area contributed by atoms with Gasteiger partial charge in [0.05, 0.1) is 19.1 Å². The zero-order chi connectivity index (χ0) is 14.7. The smallest absolute Gasteiger partial charge is 0.306 e. The van der Waals surface area contributed by atoms with Crippen LogP contribution in [0.2, 0.25) is 0 Å². The van der Waals surface area contributed by atoms with Crippen LogP contribution in [0.4, 0.5) is 0 Å². The Morgan fingerprint density at radius 3 is 3.00 bits per heavy atom. The SMILES string of the molecule is Cc1ccc(O)c(C(C)N2CCOC(CC(=O)O)C2)c1. The fourth-order valence-electron chi connectivity index (χ4n) is 2.62. The summed E-state index contributed by atoms with van der Waals surface area (Å²) in [5.41, 5.74) is 1.97. The molecular formula is C15H21NO4. The average Bonchev–Trinajstić information content (AvgIpc) is 2.40. The van der Waals surface area contributed by atoms with Gasteiger partial charge < -0.3 is 14.9 Å². The number of ether oxygens (including phenoxy) is 1. The molecule has 0 aromatic heterocycles. The number of aromatic hydroxyl groups is 1. The Morgan fingerprint density at radius 2 is 2.30 bits per heavy atom. The molecule has 1 aliphatic heterocycles. The largest absolute Gasteiger partial charge is 0.508 e. The first-order valence-electron chi connectivity index (χ1n) is 6.84.